The predicted octanol–water partition coefficient (Wildman–Crippen LogP) is 3.03. The number of nitrogens with zero attached hydrogens (tertiary/aromatic N) is 2. The van der Waals surface area contributed by atoms with Crippen LogP contribution in [0.15, 0.2) is 77.8 Å². The second-order valence-corrected chi connectivity index (χ2v) is 7.88. The zero-order valence-electron chi connectivity index (χ0n) is 17.1. The Balaban J connectivity index is 1.39. The molecule has 1 fully saturated rings. The van der Waals surface area contributed by atoms with Crippen LogP contribution in [0, 0.1) is 0 Å². The molecule has 3 aliphatic heterocycles. The first kappa shape index (κ1) is 18.9. The maximum Gasteiger partial charge on any atom is 0.268 e. The molecule has 0 radical (unpaired) electrons. The van der Waals surface area contributed by atoms with Crippen molar-refractivity contribution in [2.75, 3.05) is 38.2 Å². The molecule has 2 aromatic carbocycles. The maximum absolute atomic E-state index is 13.3. The minimum atomic E-state index is -0.477. The summed E-state index contributed by atoms with van der Waals surface area (Å²) in [6.45, 7) is 6.20. The van der Waals surface area contributed by atoms with Gasteiger partial charge in [0.1, 0.15) is 0 Å². The Morgan fingerprint density at radius 3 is 2.83 bits per heavy atom. The van der Waals surface area contributed by atoms with E-state index in [1.165, 1.54) is 0 Å². The summed E-state index contributed by atoms with van der Waals surface area (Å²) >= 11 is 0. The van der Waals surface area contributed by atoms with Gasteiger partial charge in [-0.05, 0) is 30.0 Å². The van der Waals surface area contributed by atoms with Crippen molar-refractivity contribution in [3.8, 4) is 0 Å². The van der Waals surface area contributed by atoms with Crippen molar-refractivity contribution in [3.63, 3.8) is 0 Å². The summed E-state index contributed by atoms with van der Waals surface area (Å²) in [7, 11) is 0. The summed E-state index contributed by atoms with van der Waals surface area (Å²) < 4.78 is 5.48. The van der Waals surface area contributed by atoms with E-state index in [9.17, 15) is 4.79 Å². The highest BCUT2D eigenvalue weighted by molar-refractivity contribution is 6.04. The molecule has 3 heterocycles. The van der Waals surface area contributed by atoms with Crippen LogP contribution in [0.1, 0.15) is 6.92 Å². The Bertz CT molecular complexity index is 1060. The van der Waals surface area contributed by atoms with Crippen LogP contribution in [0.5, 0.6) is 0 Å². The number of benzene rings is 2. The van der Waals surface area contributed by atoms with Crippen molar-refractivity contribution in [2.45, 2.75) is 13.1 Å². The number of anilines is 1. The Kier molecular flexibility index (Phi) is 5.02. The maximum atomic E-state index is 13.3. The molecule has 6 nitrogen and oxygen atoms in total. The largest absolute Gasteiger partial charge is 0.379 e. The van der Waals surface area contributed by atoms with Gasteiger partial charge >= 0.3 is 0 Å². The zero-order chi connectivity index (χ0) is 20.5. The summed E-state index contributed by atoms with van der Waals surface area (Å²) in [4.78, 5) is 17.7. The number of morpholine rings is 1. The predicted molar refractivity (Wildman–Crippen MR) is 119 cm³/mol. The standard InChI is InChI=1S/C24H26N4O2/c1-17-6-5-11-28-22(17)21(16-27-12-14-30-15-13-27)25-23(28)24(29)26-20-10-4-8-18-7-2-3-9-19(18)20/h2-11,23,25H,12-16H2,1H3,(H,26,29). The minimum absolute atomic E-state index is 0.0693. The molecule has 3 aliphatic rings. The van der Waals surface area contributed by atoms with Gasteiger partial charge in [0.05, 0.1) is 24.6 Å². The monoisotopic (exact) mass is 402 g/mol. The van der Waals surface area contributed by atoms with Crippen molar-refractivity contribution in [3.05, 3.63) is 77.8 Å². The van der Waals surface area contributed by atoms with Gasteiger partial charge in [-0.15, -0.1) is 0 Å². The number of nitrogens with one attached hydrogen (secondary N) is 2. The average molecular weight is 402 g/mol. The zero-order valence-corrected chi connectivity index (χ0v) is 17.1. The molecule has 0 aliphatic carbocycles. The highest BCUT2D eigenvalue weighted by atomic mass is 16.5. The average Bonchev–Trinajstić information content (AvgIpc) is 3.14. The SMILES string of the molecule is CC1=CC=CN2C1=C(CN1CCOCC1)NC2C(=O)Nc1cccc2ccccc12. The fraction of sp³-hybridized carbons (Fsp3) is 0.292. The van der Waals surface area contributed by atoms with Gasteiger partial charge in [-0.25, -0.2) is 0 Å². The molecule has 0 spiro atoms. The van der Waals surface area contributed by atoms with Crippen molar-refractivity contribution in [2.24, 2.45) is 0 Å². The number of hydrogen-bond donors (Lipinski definition) is 2. The van der Waals surface area contributed by atoms with Crippen molar-refractivity contribution in [1.82, 2.24) is 15.1 Å². The quantitative estimate of drug-likeness (QED) is 0.823. The minimum Gasteiger partial charge on any atom is -0.379 e. The lowest BCUT2D eigenvalue weighted by Crippen LogP contribution is -2.46. The first-order chi connectivity index (χ1) is 14.7. The molecule has 1 atom stereocenters. The summed E-state index contributed by atoms with van der Waals surface area (Å²) in [5.41, 5.74) is 4.18. The molecule has 1 saturated heterocycles. The second kappa shape index (κ2) is 7.97. The molecule has 6 heteroatoms. The van der Waals surface area contributed by atoms with E-state index in [1.807, 2.05) is 47.5 Å². The molecule has 1 amide bonds. The number of allylic oxidation sites excluding steroid dienone is 3. The van der Waals surface area contributed by atoms with Gasteiger partial charge < -0.3 is 20.3 Å². The normalized spacial score (nSPS) is 21.4. The molecule has 1 unspecified atom stereocenters. The molecular weight excluding hydrogens is 376 g/mol. The van der Waals surface area contributed by atoms with E-state index in [0.717, 1.165) is 66.3 Å². The van der Waals surface area contributed by atoms with E-state index in [0.29, 0.717) is 0 Å². The van der Waals surface area contributed by atoms with Gasteiger partial charge in [0.2, 0.25) is 0 Å². The van der Waals surface area contributed by atoms with Gasteiger partial charge in [0.25, 0.3) is 5.91 Å². The van der Waals surface area contributed by atoms with Crippen LogP contribution in [0.25, 0.3) is 10.8 Å². The third-order valence-electron chi connectivity index (χ3n) is 5.88. The van der Waals surface area contributed by atoms with E-state index in [4.69, 9.17) is 4.74 Å². The van der Waals surface area contributed by atoms with Crippen LogP contribution in [-0.4, -0.2) is 54.7 Å². The molecule has 30 heavy (non-hydrogen) atoms. The fourth-order valence-corrected chi connectivity index (χ4v) is 4.38. The molecule has 5 rings (SSSR count). The molecule has 2 aromatic rings. The van der Waals surface area contributed by atoms with Gasteiger partial charge in [-0.1, -0.05) is 42.5 Å². The van der Waals surface area contributed by atoms with E-state index >= 15 is 0 Å². The van der Waals surface area contributed by atoms with Crippen LogP contribution < -0.4 is 10.6 Å². The van der Waals surface area contributed by atoms with Gasteiger partial charge in [-0.2, -0.15) is 0 Å². The van der Waals surface area contributed by atoms with E-state index in [1.54, 1.807) is 0 Å². The number of rotatable bonds is 4. The highest BCUT2D eigenvalue weighted by Gasteiger charge is 2.37. The molecular formula is C24H26N4O2. The number of fused-ring (bicyclic) bond motifs is 2. The van der Waals surface area contributed by atoms with E-state index in [2.05, 4.69) is 40.7 Å². The smallest absolute Gasteiger partial charge is 0.268 e. The Morgan fingerprint density at radius 1 is 1.17 bits per heavy atom. The highest BCUT2D eigenvalue weighted by Crippen LogP contribution is 2.31. The number of hydrogen-bond acceptors (Lipinski definition) is 5. The fourth-order valence-electron chi connectivity index (χ4n) is 4.38. The molecule has 0 saturated carbocycles. The Labute approximate surface area is 176 Å². The van der Waals surface area contributed by atoms with Crippen molar-refractivity contribution in [1.29, 1.82) is 0 Å². The van der Waals surface area contributed by atoms with Gasteiger partial charge in [0, 0.05) is 36.9 Å². The first-order valence-electron chi connectivity index (χ1n) is 10.4. The van der Waals surface area contributed by atoms with E-state index < -0.39 is 6.17 Å². The van der Waals surface area contributed by atoms with Gasteiger partial charge in [0.15, 0.2) is 6.17 Å². The number of ether oxygens (including phenoxy) is 1. The van der Waals surface area contributed by atoms with E-state index in [-0.39, 0.29) is 5.91 Å². The third-order valence-corrected chi connectivity index (χ3v) is 5.88. The van der Waals surface area contributed by atoms with Crippen molar-refractivity contribution < 1.29 is 9.53 Å². The lowest BCUT2D eigenvalue weighted by molar-refractivity contribution is -0.120. The Hall–Kier alpha value is -3.09. The van der Waals surface area contributed by atoms with Crippen LogP contribution in [0.2, 0.25) is 0 Å². The van der Waals surface area contributed by atoms with Crippen molar-refractivity contribution >= 4 is 22.4 Å². The number of carbonyl (C=O) groups excluding carboxylic acids is 1. The number of carbonyl (C=O) groups is 1. The summed E-state index contributed by atoms with van der Waals surface area (Å²) in [5.74, 6) is -0.0693. The molecule has 0 bridgehead atoms. The Morgan fingerprint density at radius 2 is 1.97 bits per heavy atom. The molecule has 2 N–H and O–H groups in total. The summed E-state index contributed by atoms with van der Waals surface area (Å²) in [6.07, 6.45) is 5.60. The number of amides is 1. The molecule has 154 valence electrons. The van der Waals surface area contributed by atoms with Crippen LogP contribution in [0.4, 0.5) is 5.69 Å². The molecule has 0 aromatic heterocycles. The van der Waals surface area contributed by atoms with Crippen LogP contribution in [0.3, 0.4) is 0 Å². The summed E-state index contributed by atoms with van der Waals surface area (Å²) in [5, 5.41) is 8.79. The first-order valence-corrected chi connectivity index (χ1v) is 10.4. The lowest BCUT2D eigenvalue weighted by Gasteiger charge is -2.27. The van der Waals surface area contributed by atoms with Crippen LogP contribution in [-0.2, 0) is 9.53 Å². The van der Waals surface area contributed by atoms with Crippen LogP contribution >= 0.6 is 0 Å². The summed E-state index contributed by atoms with van der Waals surface area (Å²) in [6, 6.07) is 14.1. The third kappa shape index (κ3) is 3.49. The second-order valence-electron chi connectivity index (χ2n) is 7.88. The van der Waals surface area contributed by atoms with Gasteiger partial charge in [-0.3, -0.25) is 9.69 Å². The topological polar surface area (TPSA) is 56.8 Å². The lowest BCUT2D eigenvalue weighted by atomic mass is 10.1.